The van der Waals surface area contributed by atoms with Crippen molar-refractivity contribution in [3.63, 3.8) is 0 Å². The normalized spacial score (nSPS) is 20.1. The van der Waals surface area contributed by atoms with E-state index < -0.39 is 0 Å². The average Bonchev–Trinajstić information content (AvgIpc) is 2.86. The summed E-state index contributed by atoms with van der Waals surface area (Å²) in [7, 11) is 0. The summed E-state index contributed by atoms with van der Waals surface area (Å²) in [5, 5.41) is 9.45. The second kappa shape index (κ2) is 11.4. The summed E-state index contributed by atoms with van der Waals surface area (Å²) in [5.41, 5.74) is 5.71. The van der Waals surface area contributed by atoms with Crippen LogP contribution in [0.2, 0.25) is 0 Å². The molecule has 0 spiro atoms. The number of piperazine rings is 1. The van der Waals surface area contributed by atoms with Crippen LogP contribution in [0.25, 0.3) is 0 Å². The van der Waals surface area contributed by atoms with Crippen LogP contribution in [0.1, 0.15) is 81.6 Å². The summed E-state index contributed by atoms with van der Waals surface area (Å²) in [6.07, 6.45) is 3.12. The Labute approximate surface area is 205 Å². The second-order valence-corrected chi connectivity index (χ2v) is 9.39. The molecule has 0 saturated carbocycles. The van der Waals surface area contributed by atoms with Crippen molar-refractivity contribution in [3.05, 3.63) is 76.8 Å². The van der Waals surface area contributed by atoms with E-state index in [0.717, 1.165) is 55.1 Å². The predicted molar refractivity (Wildman–Crippen MR) is 141 cm³/mol. The molecular weight excluding hydrogens is 418 g/mol. The number of benzene rings is 1. The molecule has 2 unspecified atom stereocenters. The SMILES string of the molecule is C=C(C)N=C(c1nc(C#N)ccc1C)N1C[C@@H](CC)N(C(C)c2ccc(CC)cc2)CC1CC. The van der Waals surface area contributed by atoms with E-state index >= 15 is 0 Å². The van der Waals surface area contributed by atoms with Gasteiger partial charge in [-0.2, -0.15) is 5.26 Å². The molecule has 1 saturated heterocycles. The lowest BCUT2D eigenvalue weighted by atomic mass is 9.96. The van der Waals surface area contributed by atoms with Gasteiger partial charge in [-0.1, -0.05) is 57.7 Å². The fourth-order valence-corrected chi connectivity index (χ4v) is 4.89. The first-order valence-electron chi connectivity index (χ1n) is 12.6. The van der Waals surface area contributed by atoms with Crippen LogP contribution in [0.5, 0.6) is 0 Å². The number of aliphatic imine (C=N–C) groups is 1. The van der Waals surface area contributed by atoms with Gasteiger partial charge < -0.3 is 4.90 Å². The first-order chi connectivity index (χ1) is 16.3. The minimum Gasteiger partial charge on any atom is -0.349 e. The molecule has 1 aliphatic heterocycles. The van der Waals surface area contributed by atoms with Crippen LogP contribution in [-0.2, 0) is 6.42 Å². The second-order valence-electron chi connectivity index (χ2n) is 9.39. The Balaban J connectivity index is 1.98. The monoisotopic (exact) mass is 457 g/mol. The van der Waals surface area contributed by atoms with Crippen LogP contribution in [0.3, 0.4) is 0 Å². The molecule has 0 N–H and O–H groups in total. The van der Waals surface area contributed by atoms with Gasteiger partial charge in [0.2, 0.25) is 0 Å². The highest BCUT2D eigenvalue weighted by atomic mass is 15.3. The van der Waals surface area contributed by atoms with E-state index in [1.165, 1.54) is 11.1 Å². The molecule has 1 aromatic heterocycles. The van der Waals surface area contributed by atoms with Crippen molar-refractivity contribution in [2.45, 2.75) is 78.9 Å². The van der Waals surface area contributed by atoms with Gasteiger partial charge in [-0.15, -0.1) is 0 Å². The van der Waals surface area contributed by atoms with E-state index in [-0.39, 0.29) is 0 Å². The molecular formula is C29H39N5. The Bertz CT molecular complexity index is 1060. The summed E-state index contributed by atoms with van der Waals surface area (Å²) in [6.45, 7) is 18.9. The Morgan fingerprint density at radius 2 is 1.79 bits per heavy atom. The number of amidine groups is 1. The number of rotatable bonds is 7. The van der Waals surface area contributed by atoms with Crippen LogP contribution >= 0.6 is 0 Å². The molecule has 34 heavy (non-hydrogen) atoms. The molecule has 1 aliphatic rings. The Morgan fingerprint density at radius 1 is 1.12 bits per heavy atom. The maximum atomic E-state index is 9.45. The molecule has 5 heteroatoms. The number of aryl methyl sites for hydroxylation is 2. The molecule has 1 fully saturated rings. The quantitative estimate of drug-likeness (QED) is 0.376. The summed E-state index contributed by atoms with van der Waals surface area (Å²) in [4.78, 5) is 14.6. The van der Waals surface area contributed by atoms with E-state index in [0.29, 0.717) is 23.8 Å². The lowest BCUT2D eigenvalue weighted by molar-refractivity contribution is 0.0361. The lowest BCUT2D eigenvalue weighted by Crippen LogP contribution is -2.60. The highest BCUT2D eigenvalue weighted by Crippen LogP contribution is 2.31. The summed E-state index contributed by atoms with van der Waals surface area (Å²) < 4.78 is 0. The van der Waals surface area contributed by atoms with Crippen molar-refractivity contribution in [2.75, 3.05) is 13.1 Å². The predicted octanol–water partition coefficient (Wildman–Crippen LogP) is 6.04. The minimum absolute atomic E-state index is 0.296. The van der Waals surface area contributed by atoms with Gasteiger partial charge in [-0.3, -0.25) is 4.90 Å². The van der Waals surface area contributed by atoms with Gasteiger partial charge in [-0.25, -0.2) is 9.98 Å². The van der Waals surface area contributed by atoms with Gasteiger partial charge in [0, 0.05) is 36.9 Å². The van der Waals surface area contributed by atoms with Crippen LogP contribution < -0.4 is 0 Å². The topological polar surface area (TPSA) is 55.5 Å². The molecule has 0 amide bonds. The zero-order valence-corrected chi connectivity index (χ0v) is 21.7. The smallest absolute Gasteiger partial charge is 0.155 e. The number of hydrogen-bond donors (Lipinski definition) is 0. The van der Waals surface area contributed by atoms with Crippen LogP contribution in [-0.4, -0.2) is 45.8 Å². The maximum Gasteiger partial charge on any atom is 0.155 e. The highest BCUT2D eigenvalue weighted by Gasteiger charge is 2.37. The van der Waals surface area contributed by atoms with Crippen molar-refractivity contribution in [3.8, 4) is 6.07 Å². The van der Waals surface area contributed by atoms with Crippen LogP contribution in [0, 0.1) is 18.3 Å². The molecule has 2 heterocycles. The Morgan fingerprint density at radius 3 is 2.35 bits per heavy atom. The third-order valence-corrected chi connectivity index (χ3v) is 7.04. The molecule has 3 rings (SSSR count). The van der Waals surface area contributed by atoms with Crippen LogP contribution in [0.4, 0.5) is 0 Å². The molecule has 0 bridgehead atoms. The van der Waals surface area contributed by atoms with Gasteiger partial charge in [-0.05, 0) is 62.8 Å². The number of pyridine rings is 1. The third kappa shape index (κ3) is 5.56. The van der Waals surface area contributed by atoms with Gasteiger partial charge in [0.25, 0.3) is 0 Å². The Kier molecular flexibility index (Phi) is 8.63. The van der Waals surface area contributed by atoms with E-state index in [4.69, 9.17) is 4.99 Å². The van der Waals surface area contributed by atoms with Gasteiger partial charge >= 0.3 is 0 Å². The fourth-order valence-electron chi connectivity index (χ4n) is 4.89. The lowest BCUT2D eigenvalue weighted by Gasteiger charge is -2.49. The summed E-state index contributed by atoms with van der Waals surface area (Å²) in [6, 6.07) is 16.0. The fraction of sp³-hybridized carbons (Fsp3) is 0.483. The molecule has 5 nitrogen and oxygen atoms in total. The van der Waals surface area contributed by atoms with Crippen molar-refractivity contribution >= 4 is 5.84 Å². The summed E-state index contributed by atoms with van der Waals surface area (Å²) in [5.74, 6) is 0.840. The standard InChI is InChI=1S/C29H39N5/c1-8-23-12-14-24(15-13-23)22(7)33-18-27(10-3)34(19-26(33)9-2)29(31-20(4)5)28-21(6)11-16-25(17-30)32-28/h11-16,22,26-27H,4,8-10,18-19H2,1-3,5-7H3/t22?,26-,27?/m1/s1. The van der Waals surface area contributed by atoms with E-state index in [1.54, 1.807) is 6.07 Å². The minimum atomic E-state index is 0.296. The van der Waals surface area contributed by atoms with Crippen molar-refractivity contribution in [1.82, 2.24) is 14.8 Å². The first-order valence-corrected chi connectivity index (χ1v) is 12.6. The molecule has 0 radical (unpaired) electrons. The molecule has 3 atom stereocenters. The molecule has 1 aromatic carbocycles. The van der Waals surface area contributed by atoms with E-state index in [9.17, 15) is 5.26 Å². The third-order valence-electron chi connectivity index (χ3n) is 7.04. The van der Waals surface area contributed by atoms with Gasteiger partial charge in [0.15, 0.2) is 5.84 Å². The number of allylic oxidation sites excluding steroid dienone is 1. The number of nitriles is 1. The first kappa shape index (κ1) is 25.6. The van der Waals surface area contributed by atoms with E-state index in [1.807, 2.05) is 19.9 Å². The number of aromatic nitrogens is 1. The molecule has 2 aromatic rings. The van der Waals surface area contributed by atoms with Crippen molar-refractivity contribution in [2.24, 2.45) is 4.99 Å². The zero-order chi connectivity index (χ0) is 24.8. The summed E-state index contributed by atoms with van der Waals surface area (Å²) >= 11 is 0. The zero-order valence-electron chi connectivity index (χ0n) is 21.7. The molecule has 180 valence electrons. The number of nitrogens with zero attached hydrogens (tertiary/aromatic N) is 5. The van der Waals surface area contributed by atoms with Crippen LogP contribution in [0.15, 0.2) is 53.7 Å². The van der Waals surface area contributed by atoms with Gasteiger partial charge in [0.1, 0.15) is 17.5 Å². The van der Waals surface area contributed by atoms with E-state index in [2.05, 4.69) is 79.4 Å². The highest BCUT2D eigenvalue weighted by molar-refractivity contribution is 5.99. The largest absolute Gasteiger partial charge is 0.349 e. The molecule has 0 aliphatic carbocycles. The van der Waals surface area contributed by atoms with Crippen molar-refractivity contribution in [1.29, 1.82) is 5.26 Å². The average molecular weight is 458 g/mol. The Hall–Kier alpha value is -2.97. The number of hydrogen-bond acceptors (Lipinski definition) is 4. The van der Waals surface area contributed by atoms with Gasteiger partial charge in [0.05, 0.1) is 0 Å². The maximum absolute atomic E-state index is 9.45. The van der Waals surface area contributed by atoms with Crippen molar-refractivity contribution < 1.29 is 0 Å².